The fourth-order valence-electron chi connectivity index (χ4n) is 6.39. The van der Waals surface area contributed by atoms with Gasteiger partial charge >= 0.3 is 0 Å². The van der Waals surface area contributed by atoms with Gasteiger partial charge in [-0.2, -0.15) is 0 Å². The van der Waals surface area contributed by atoms with Crippen molar-refractivity contribution in [3.63, 3.8) is 0 Å². The molecule has 2 aromatic heterocycles. The monoisotopic (exact) mass is 602 g/mol. The van der Waals surface area contributed by atoms with Gasteiger partial charge in [0.15, 0.2) is 11.5 Å². The molecule has 3 N–H and O–H groups in total. The predicted molar refractivity (Wildman–Crippen MR) is 165 cm³/mol. The van der Waals surface area contributed by atoms with Crippen molar-refractivity contribution in [1.29, 1.82) is 0 Å². The number of fused-ring (bicyclic) bond motifs is 2. The summed E-state index contributed by atoms with van der Waals surface area (Å²) < 4.78 is 31.9. The molecule has 1 fully saturated rings. The molecule has 2 aliphatic heterocycles. The van der Waals surface area contributed by atoms with E-state index in [0.29, 0.717) is 28.0 Å². The van der Waals surface area contributed by atoms with Crippen molar-refractivity contribution in [1.82, 2.24) is 30.2 Å². The van der Waals surface area contributed by atoms with E-state index in [1.165, 1.54) is 11.8 Å². The number of halogens is 2. The van der Waals surface area contributed by atoms with Crippen molar-refractivity contribution in [3.8, 4) is 11.5 Å². The normalized spacial score (nSPS) is 18.7. The maximum atomic E-state index is 14.8. The molecule has 0 radical (unpaired) electrons. The van der Waals surface area contributed by atoms with Gasteiger partial charge in [-0.05, 0) is 75.2 Å². The lowest BCUT2D eigenvalue weighted by atomic mass is 9.88. The lowest BCUT2D eigenvalue weighted by molar-refractivity contribution is -0.0712. The van der Waals surface area contributed by atoms with E-state index in [2.05, 4.69) is 50.2 Å². The number of aryl methyl sites for hydroxylation is 1. The number of imidazole rings is 2. The number of benzene rings is 3. The lowest BCUT2D eigenvalue weighted by Gasteiger charge is -2.32. The topological polar surface area (TPSA) is 92.3 Å². The molecule has 43 heavy (non-hydrogen) atoms. The van der Waals surface area contributed by atoms with Crippen LogP contribution in [0.1, 0.15) is 55.3 Å². The van der Waals surface area contributed by atoms with Crippen LogP contribution in [0.4, 0.5) is 4.39 Å². The highest BCUT2D eigenvalue weighted by molar-refractivity contribution is 6.30. The van der Waals surface area contributed by atoms with Gasteiger partial charge in [-0.3, -0.25) is 4.90 Å². The highest BCUT2D eigenvalue weighted by atomic mass is 35.5. The maximum Gasteiger partial charge on any atom is 0.278 e. The quantitative estimate of drug-likeness (QED) is 0.210. The predicted octanol–water partition coefficient (Wildman–Crippen LogP) is 7.28. The molecule has 5 aromatic rings. The van der Waals surface area contributed by atoms with Gasteiger partial charge in [-0.1, -0.05) is 35.9 Å². The third kappa shape index (κ3) is 5.37. The number of hydrogen-bond acceptors (Lipinski definition) is 6. The first-order valence-electron chi connectivity index (χ1n) is 14.5. The van der Waals surface area contributed by atoms with Crippen molar-refractivity contribution in [2.75, 3.05) is 13.1 Å². The number of nitrogens with zero attached hydrogens (tertiary/aromatic N) is 5. The summed E-state index contributed by atoms with van der Waals surface area (Å²) in [5.41, 5.74) is 4.77. The lowest BCUT2D eigenvalue weighted by Crippen LogP contribution is -2.34. The smallest absolute Gasteiger partial charge is 0.278 e. The van der Waals surface area contributed by atoms with Crippen LogP contribution in [-0.2, 0) is 25.4 Å². The summed E-state index contributed by atoms with van der Waals surface area (Å²) in [6.07, 6.45) is 5.80. The van der Waals surface area contributed by atoms with Gasteiger partial charge in [-0.25, -0.2) is 14.4 Å². The molecular formula is C33H36ClFN6O2. The van der Waals surface area contributed by atoms with Gasteiger partial charge < -0.3 is 24.8 Å². The van der Waals surface area contributed by atoms with E-state index in [0.717, 1.165) is 68.0 Å². The molecule has 1 saturated heterocycles. The molecular weight excluding hydrogens is 567 g/mol. The molecule has 224 valence electrons. The SMILES string of the molecule is CCn1cncc1Cn1c(CN2CCC(c3cccc4c3OC(C)(c3ccc(Cl)cc3F)O4)CC2)nc2ccccc21.N. The zero-order valence-electron chi connectivity index (χ0n) is 24.5. The summed E-state index contributed by atoms with van der Waals surface area (Å²) in [4.78, 5) is 11.9. The number of ether oxygens (including phenoxy) is 2. The second kappa shape index (κ2) is 11.6. The van der Waals surface area contributed by atoms with Crippen LogP contribution in [0.25, 0.3) is 11.0 Å². The van der Waals surface area contributed by atoms with E-state index in [-0.39, 0.29) is 6.15 Å². The highest BCUT2D eigenvalue weighted by Crippen LogP contribution is 2.49. The summed E-state index contributed by atoms with van der Waals surface area (Å²) in [5, 5.41) is 0.339. The van der Waals surface area contributed by atoms with Gasteiger partial charge in [0, 0.05) is 30.3 Å². The second-order valence-electron chi connectivity index (χ2n) is 11.3. The summed E-state index contributed by atoms with van der Waals surface area (Å²) >= 11 is 5.99. The second-order valence-corrected chi connectivity index (χ2v) is 11.7. The number of para-hydroxylation sites is 3. The Balaban J connectivity index is 0.00000329. The van der Waals surface area contributed by atoms with E-state index in [1.807, 2.05) is 30.7 Å². The number of hydrogen-bond donors (Lipinski definition) is 1. The van der Waals surface area contributed by atoms with E-state index in [9.17, 15) is 4.39 Å². The molecule has 0 spiro atoms. The summed E-state index contributed by atoms with van der Waals surface area (Å²) in [5.74, 6) is 1.04. The van der Waals surface area contributed by atoms with Crippen LogP contribution in [-0.4, -0.2) is 37.1 Å². The summed E-state index contributed by atoms with van der Waals surface area (Å²) in [6, 6.07) is 18.9. The molecule has 2 aliphatic rings. The fraction of sp³-hybridized carbons (Fsp3) is 0.333. The van der Waals surface area contributed by atoms with Crippen LogP contribution in [0.3, 0.4) is 0 Å². The number of rotatable bonds is 7. The zero-order valence-corrected chi connectivity index (χ0v) is 25.2. The Bertz CT molecular complexity index is 1760. The van der Waals surface area contributed by atoms with Crippen molar-refractivity contribution < 1.29 is 13.9 Å². The summed E-state index contributed by atoms with van der Waals surface area (Å²) in [6.45, 7) is 8.17. The summed E-state index contributed by atoms with van der Waals surface area (Å²) in [7, 11) is 0. The Morgan fingerprint density at radius 2 is 1.84 bits per heavy atom. The molecule has 0 aliphatic carbocycles. The van der Waals surface area contributed by atoms with Gasteiger partial charge in [0.25, 0.3) is 5.79 Å². The minimum absolute atomic E-state index is 0. The minimum Gasteiger partial charge on any atom is -0.444 e. The van der Waals surface area contributed by atoms with Crippen LogP contribution in [0.2, 0.25) is 5.02 Å². The molecule has 3 aromatic carbocycles. The molecule has 10 heteroatoms. The van der Waals surface area contributed by atoms with Crippen molar-refractivity contribution in [3.05, 3.63) is 107 Å². The number of aromatic nitrogens is 4. The molecule has 0 saturated carbocycles. The van der Waals surface area contributed by atoms with Gasteiger partial charge in [0.05, 0.1) is 41.7 Å². The third-order valence-corrected chi connectivity index (χ3v) is 8.85. The van der Waals surface area contributed by atoms with Crippen LogP contribution < -0.4 is 15.6 Å². The average Bonchev–Trinajstić information content (AvgIpc) is 3.68. The Labute approximate surface area is 255 Å². The van der Waals surface area contributed by atoms with Crippen LogP contribution in [0.15, 0.2) is 73.2 Å². The highest BCUT2D eigenvalue weighted by Gasteiger charge is 2.43. The fourth-order valence-corrected chi connectivity index (χ4v) is 6.55. The van der Waals surface area contributed by atoms with E-state index >= 15 is 0 Å². The first-order valence-corrected chi connectivity index (χ1v) is 14.9. The first-order chi connectivity index (χ1) is 20.4. The van der Waals surface area contributed by atoms with Crippen molar-refractivity contribution in [2.45, 2.75) is 58.0 Å². The average molecular weight is 603 g/mol. The van der Waals surface area contributed by atoms with Gasteiger partial charge in [0.1, 0.15) is 11.6 Å². The third-order valence-electron chi connectivity index (χ3n) is 8.62. The zero-order chi connectivity index (χ0) is 28.8. The molecule has 0 bridgehead atoms. The van der Waals surface area contributed by atoms with Crippen LogP contribution >= 0.6 is 11.6 Å². The van der Waals surface area contributed by atoms with E-state index in [4.69, 9.17) is 26.1 Å². The molecule has 8 nitrogen and oxygen atoms in total. The largest absolute Gasteiger partial charge is 0.444 e. The van der Waals surface area contributed by atoms with Crippen molar-refractivity contribution >= 4 is 22.6 Å². The van der Waals surface area contributed by atoms with Crippen LogP contribution in [0, 0.1) is 5.82 Å². The Morgan fingerprint density at radius 1 is 1.02 bits per heavy atom. The molecule has 4 heterocycles. The first kappa shape index (κ1) is 29.2. The molecule has 7 rings (SSSR count). The van der Waals surface area contributed by atoms with E-state index in [1.54, 1.807) is 19.1 Å². The van der Waals surface area contributed by atoms with Crippen molar-refractivity contribution in [2.24, 2.45) is 0 Å². The maximum absolute atomic E-state index is 14.8. The van der Waals surface area contributed by atoms with Crippen LogP contribution in [0.5, 0.6) is 11.5 Å². The minimum atomic E-state index is -1.25. The van der Waals surface area contributed by atoms with Gasteiger partial charge in [0.2, 0.25) is 0 Å². The van der Waals surface area contributed by atoms with Gasteiger partial charge in [-0.15, -0.1) is 0 Å². The number of piperidine rings is 1. The Kier molecular flexibility index (Phi) is 7.89. The molecule has 1 unspecified atom stereocenters. The Hall–Kier alpha value is -3.92. The Morgan fingerprint density at radius 3 is 2.63 bits per heavy atom. The number of likely N-dealkylation sites (tertiary alicyclic amines) is 1. The molecule has 0 amide bonds. The standard InChI is InChI=1S/C33H33ClFN5O2.H3N/c1-3-39-21-36-18-24(39)19-40-29-9-5-4-8-28(29)37-31(40)20-38-15-13-22(14-16-38)25-7-6-10-30-32(25)42-33(2,41-30)26-12-11-23(34)17-27(26)35;/h4-12,17-18,21-22H,3,13-16,19-20H2,1-2H3;1H3. The molecule has 1 atom stereocenters. The van der Waals surface area contributed by atoms with E-state index < -0.39 is 11.6 Å².